The minimum absolute atomic E-state index is 0.445. The molecule has 1 atom stereocenters. The molecule has 2 N–H and O–H groups in total. The minimum atomic E-state index is -1.22. The molecule has 148 valence electrons. The highest BCUT2D eigenvalue weighted by atomic mass is 32.2. The molecule has 0 saturated carbocycles. The minimum Gasteiger partial charge on any atom is -0.338 e. The van der Waals surface area contributed by atoms with Crippen molar-refractivity contribution in [3.8, 4) is 0 Å². The summed E-state index contributed by atoms with van der Waals surface area (Å²) < 4.78 is 13.1. The predicted molar refractivity (Wildman–Crippen MR) is 128 cm³/mol. The molecule has 0 fully saturated rings. The van der Waals surface area contributed by atoms with Crippen molar-refractivity contribution in [2.24, 2.45) is 0 Å². The average Bonchev–Trinajstić information content (AvgIpc) is 2.72. The van der Waals surface area contributed by atoms with Crippen LogP contribution in [0, 0.1) is 13.8 Å². The first-order chi connectivity index (χ1) is 14.0. The Morgan fingerprint density at radius 3 is 2.28 bits per heavy atom. The van der Waals surface area contributed by atoms with Crippen molar-refractivity contribution in [2.45, 2.75) is 19.6 Å². The summed E-state index contributed by atoms with van der Waals surface area (Å²) >= 11 is 5.45. The SMILES string of the molecule is Cc1ccc(NC(=S)N/C=C(\c2ccccc2)[S@@](=O)Cc2ccccc2)c(C)c1. The van der Waals surface area contributed by atoms with Crippen LogP contribution >= 0.6 is 12.2 Å². The van der Waals surface area contributed by atoms with Gasteiger partial charge < -0.3 is 10.6 Å². The lowest BCUT2D eigenvalue weighted by molar-refractivity contribution is 0.688. The van der Waals surface area contributed by atoms with Gasteiger partial charge in [-0.05, 0) is 48.8 Å². The van der Waals surface area contributed by atoms with Gasteiger partial charge >= 0.3 is 0 Å². The maximum Gasteiger partial charge on any atom is 0.174 e. The number of hydrogen-bond acceptors (Lipinski definition) is 2. The van der Waals surface area contributed by atoms with Crippen LogP contribution in [0.1, 0.15) is 22.3 Å². The third-order valence-corrected chi connectivity index (χ3v) is 6.07. The van der Waals surface area contributed by atoms with Gasteiger partial charge in [-0.25, -0.2) is 0 Å². The summed E-state index contributed by atoms with van der Waals surface area (Å²) in [6.07, 6.45) is 1.74. The molecule has 0 heterocycles. The van der Waals surface area contributed by atoms with Crippen LogP contribution in [-0.2, 0) is 16.6 Å². The summed E-state index contributed by atoms with van der Waals surface area (Å²) in [4.78, 5) is 0.708. The van der Waals surface area contributed by atoms with Crippen LogP contribution < -0.4 is 10.6 Å². The Morgan fingerprint density at radius 1 is 0.966 bits per heavy atom. The molecule has 0 amide bonds. The molecule has 0 aromatic heterocycles. The first-order valence-electron chi connectivity index (χ1n) is 9.35. The van der Waals surface area contributed by atoms with Crippen LogP contribution in [0.4, 0.5) is 5.69 Å². The van der Waals surface area contributed by atoms with E-state index >= 15 is 0 Å². The highest BCUT2D eigenvalue weighted by Crippen LogP contribution is 2.21. The predicted octanol–water partition coefficient (Wildman–Crippen LogP) is 5.54. The van der Waals surface area contributed by atoms with Crippen molar-refractivity contribution < 1.29 is 4.21 Å². The standard InChI is InChI=1S/C24H24N2OS2/c1-18-13-14-22(19(2)15-18)26-24(28)25-16-23(21-11-7-4-8-12-21)29(27)17-20-9-5-3-6-10-20/h3-16H,17H2,1-2H3,(H2,25,26,28)/b23-16+/t29-/m0/s1. The van der Waals surface area contributed by atoms with Crippen LogP contribution in [-0.4, -0.2) is 9.32 Å². The van der Waals surface area contributed by atoms with Gasteiger partial charge in [0.15, 0.2) is 5.11 Å². The Hall–Kier alpha value is -2.76. The number of thiocarbonyl (C=S) groups is 1. The monoisotopic (exact) mass is 420 g/mol. The third-order valence-electron chi connectivity index (χ3n) is 4.41. The molecule has 0 bridgehead atoms. The third kappa shape index (κ3) is 6.11. The van der Waals surface area contributed by atoms with E-state index in [1.165, 1.54) is 5.56 Å². The molecule has 0 aliphatic carbocycles. The molecular formula is C24H24N2OS2. The lowest BCUT2D eigenvalue weighted by Crippen LogP contribution is -2.24. The van der Waals surface area contributed by atoms with E-state index in [0.717, 1.165) is 22.4 Å². The molecule has 29 heavy (non-hydrogen) atoms. The van der Waals surface area contributed by atoms with Crippen LogP contribution in [0.5, 0.6) is 0 Å². The van der Waals surface area contributed by atoms with E-state index in [4.69, 9.17) is 12.2 Å². The Balaban J connectivity index is 1.77. The van der Waals surface area contributed by atoms with Crippen LogP contribution in [0.3, 0.4) is 0 Å². The second kappa shape index (κ2) is 10.1. The Bertz CT molecular complexity index is 1030. The van der Waals surface area contributed by atoms with E-state index in [9.17, 15) is 4.21 Å². The van der Waals surface area contributed by atoms with Gasteiger partial charge in [-0.1, -0.05) is 78.4 Å². The molecule has 0 unspecified atom stereocenters. The van der Waals surface area contributed by atoms with Crippen molar-refractivity contribution in [2.75, 3.05) is 5.32 Å². The van der Waals surface area contributed by atoms with Crippen LogP contribution in [0.2, 0.25) is 0 Å². The zero-order valence-electron chi connectivity index (χ0n) is 16.5. The maximum absolute atomic E-state index is 13.1. The molecule has 0 aliphatic rings. The smallest absolute Gasteiger partial charge is 0.174 e. The molecule has 3 rings (SSSR count). The van der Waals surface area contributed by atoms with Gasteiger partial charge in [0, 0.05) is 11.9 Å². The Labute approximate surface area is 180 Å². The van der Waals surface area contributed by atoms with E-state index < -0.39 is 10.8 Å². The highest BCUT2D eigenvalue weighted by molar-refractivity contribution is 7.93. The van der Waals surface area contributed by atoms with Gasteiger partial charge in [-0.15, -0.1) is 0 Å². The Kier molecular flexibility index (Phi) is 7.33. The first-order valence-corrected chi connectivity index (χ1v) is 11.1. The van der Waals surface area contributed by atoms with Gasteiger partial charge in [0.25, 0.3) is 0 Å². The fourth-order valence-corrected chi connectivity index (χ4v) is 4.34. The fourth-order valence-electron chi connectivity index (χ4n) is 2.93. The van der Waals surface area contributed by atoms with E-state index in [2.05, 4.69) is 23.6 Å². The normalized spacial score (nSPS) is 12.3. The number of anilines is 1. The number of hydrogen-bond donors (Lipinski definition) is 2. The molecule has 3 aromatic carbocycles. The zero-order valence-corrected chi connectivity index (χ0v) is 18.1. The molecular weight excluding hydrogens is 396 g/mol. The van der Waals surface area contributed by atoms with E-state index in [1.54, 1.807) is 6.20 Å². The van der Waals surface area contributed by atoms with E-state index in [0.29, 0.717) is 15.8 Å². The molecule has 0 saturated heterocycles. The van der Waals surface area contributed by atoms with Crippen LogP contribution in [0.25, 0.3) is 4.91 Å². The summed E-state index contributed by atoms with van der Waals surface area (Å²) in [5.74, 6) is 0.445. The van der Waals surface area contributed by atoms with Gasteiger partial charge in [0.1, 0.15) is 0 Å². The number of benzene rings is 3. The van der Waals surface area contributed by atoms with Gasteiger partial charge in [0.05, 0.1) is 21.5 Å². The fraction of sp³-hybridized carbons (Fsp3) is 0.125. The quantitative estimate of drug-likeness (QED) is 0.514. The number of aryl methyl sites for hydroxylation is 2. The molecule has 3 nitrogen and oxygen atoms in total. The maximum atomic E-state index is 13.1. The van der Waals surface area contributed by atoms with E-state index in [1.807, 2.05) is 79.7 Å². The van der Waals surface area contributed by atoms with Crippen molar-refractivity contribution in [3.63, 3.8) is 0 Å². The lowest BCUT2D eigenvalue weighted by Gasteiger charge is -2.13. The number of nitrogens with one attached hydrogen (secondary N) is 2. The van der Waals surface area contributed by atoms with Crippen LogP contribution in [0.15, 0.2) is 85.1 Å². The second-order valence-corrected chi connectivity index (χ2v) is 8.59. The number of rotatable bonds is 6. The summed E-state index contributed by atoms with van der Waals surface area (Å²) in [6.45, 7) is 4.10. The van der Waals surface area contributed by atoms with Gasteiger partial charge in [-0.2, -0.15) is 0 Å². The summed E-state index contributed by atoms with van der Waals surface area (Å²) in [5.41, 5.74) is 5.21. The van der Waals surface area contributed by atoms with E-state index in [-0.39, 0.29) is 0 Å². The molecule has 5 heteroatoms. The van der Waals surface area contributed by atoms with Gasteiger partial charge in [0.2, 0.25) is 0 Å². The second-order valence-electron chi connectivity index (χ2n) is 6.77. The first kappa shape index (κ1) is 21.0. The molecule has 0 aliphatic heterocycles. The highest BCUT2D eigenvalue weighted by Gasteiger charge is 2.12. The average molecular weight is 421 g/mol. The Morgan fingerprint density at radius 2 is 1.62 bits per heavy atom. The van der Waals surface area contributed by atoms with Crippen molar-refractivity contribution >= 4 is 38.7 Å². The van der Waals surface area contributed by atoms with Crippen molar-refractivity contribution in [3.05, 3.63) is 107 Å². The van der Waals surface area contributed by atoms with Crippen molar-refractivity contribution in [1.29, 1.82) is 0 Å². The molecule has 0 spiro atoms. The zero-order chi connectivity index (χ0) is 20.6. The largest absolute Gasteiger partial charge is 0.338 e. The van der Waals surface area contributed by atoms with Gasteiger partial charge in [-0.3, -0.25) is 4.21 Å². The summed E-state index contributed by atoms with van der Waals surface area (Å²) in [5, 5.41) is 6.77. The molecule has 0 radical (unpaired) electrons. The topological polar surface area (TPSA) is 41.1 Å². The molecule has 3 aromatic rings. The summed E-state index contributed by atoms with van der Waals surface area (Å²) in [7, 11) is -1.22. The lowest BCUT2D eigenvalue weighted by atomic mass is 10.1. The van der Waals surface area contributed by atoms with Crippen molar-refractivity contribution in [1.82, 2.24) is 5.32 Å². The summed E-state index contributed by atoms with van der Waals surface area (Å²) in [6, 6.07) is 25.7.